The third-order valence-electron chi connectivity index (χ3n) is 5.68. The minimum absolute atomic E-state index is 0.0769. The number of aromatic amines is 1. The Labute approximate surface area is 196 Å². The van der Waals surface area contributed by atoms with Gasteiger partial charge in [-0.3, -0.25) is 4.79 Å². The molecule has 1 aliphatic rings. The number of pyridine rings is 1. The average Bonchev–Trinajstić information content (AvgIpc) is 3.30. The molecule has 0 unspecified atom stereocenters. The van der Waals surface area contributed by atoms with Crippen LogP contribution in [0, 0.1) is 0 Å². The molecule has 2 aromatic rings. The number of benzene rings is 1. The quantitative estimate of drug-likeness (QED) is 0.373. The molecule has 0 aliphatic carbocycles. The molecule has 1 fully saturated rings. The zero-order chi connectivity index (χ0) is 22.8. The van der Waals surface area contributed by atoms with Gasteiger partial charge in [0.15, 0.2) is 5.11 Å². The Morgan fingerprint density at radius 3 is 2.78 bits per heavy atom. The van der Waals surface area contributed by atoms with Gasteiger partial charge in [-0.1, -0.05) is 0 Å². The normalized spacial score (nSPS) is 14.1. The van der Waals surface area contributed by atoms with Gasteiger partial charge in [-0.05, 0) is 82.7 Å². The molecule has 1 aromatic heterocycles. The van der Waals surface area contributed by atoms with E-state index in [1.165, 1.54) is 12.8 Å². The van der Waals surface area contributed by atoms with Crippen molar-refractivity contribution in [3.63, 3.8) is 0 Å². The zero-order valence-corrected chi connectivity index (χ0v) is 20.1. The molecule has 1 saturated heterocycles. The Balaban J connectivity index is 1.72. The van der Waals surface area contributed by atoms with Crippen LogP contribution in [0.1, 0.15) is 38.7 Å². The first kappa shape index (κ1) is 24.5. The molecule has 176 valence electrons. The van der Waals surface area contributed by atoms with E-state index in [-0.39, 0.29) is 5.56 Å². The van der Waals surface area contributed by atoms with E-state index in [0.29, 0.717) is 30.4 Å². The molecule has 7 nitrogen and oxygen atoms in total. The minimum Gasteiger partial charge on any atom is -0.494 e. The summed E-state index contributed by atoms with van der Waals surface area (Å²) in [6, 6.07) is 7.70. The third kappa shape index (κ3) is 7.18. The lowest BCUT2D eigenvalue weighted by Crippen LogP contribution is -2.44. The molecule has 8 heteroatoms. The summed E-state index contributed by atoms with van der Waals surface area (Å²) in [4.78, 5) is 20.4. The van der Waals surface area contributed by atoms with Gasteiger partial charge in [0.1, 0.15) is 5.75 Å². The van der Waals surface area contributed by atoms with Gasteiger partial charge in [0.25, 0.3) is 5.56 Å². The second kappa shape index (κ2) is 12.8. The van der Waals surface area contributed by atoms with Gasteiger partial charge in [-0.2, -0.15) is 0 Å². The van der Waals surface area contributed by atoms with E-state index in [4.69, 9.17) is 21.7 Å². The molecule has 2 heterocycles. The summed E-state index contributed by atoms with van der Waals surface area (Å²) in [6.45, 7) is 11.2. The van der Waals surface area contributed by atoms with E-state index in [1.54, 1.807) is 0 Å². The molecule has 0 bridgehead atoms. The van der Waals surface area contributed by atoms with Gasteiger partial charge >= 0.3 is 0 Å². The van der Waals surface area contributed by atoms with Gasteiger partial charge in [0, 0.05) is 49.3 Å². The maximum absolute atomic E-state index is 12.8. The summed E-state index contributed by atoms with van der Waals surface area (Å²) in [6.07, 6.45) is 3.41. The fourth-order valence-corrected chi connectivity index (χ4v) is 4.21. The SMILES string of the molecule is CCOCCCNC(=S)N(CCN1CCCC1)Cc1cc2cc(OCC)ccc2[nH]c1=O. The van der Waals surface area contributed by atoms with Crippen LogP contribution in [0.5, 0.6) is 5.75 Å². The van der Waals surface area contributed by atoms with Gasteiger partial charge in [-0.15, -0.1) is 0 Å². The van der Waals surface area contributed by atoms with Crippen molar-refractivity contribution in [2.45, 2.75) is 39.7 Å². The van der Waals surface area contributed by atoms with Crippen LogP contribution in [0.3, 0.4) is 0 Å². The molecule has 0 radical (unpaired) electrons. The predicted octanol–water partition coefficient (Wildman–Crippen LogP) is 3.13. The van der Waals surface area contributed by atoms with Crippen LogP contribution in [0.15, 0.2) is 29.1 Å². The van der Waals surface area contributed by atoms with Crippen molar-refractivity contribution in [2.75, 3.05) is 52.5 Å². The van der Waals surface area contributed by atoms with Crippen LogP contribution in [-0.4, -0.2) is 72.4 Å². The first-order valence-electron chi connectivity index (χ1n) is 11.7. The molecule has 2 N–H and O–H groups in total. The Morgan fingerprint density at radius 2 is 2.03 bits per heavy atom. The first-order chi connectivity index (χ1) is 15.6. The van der Waals surface area contributed by atoms with Crippen molar-refractivity contribution >= 4 is 28.2 Å². The summed E-state index contributed by atoms with van der Waals surface area (Å²) in [7, 11) is 0. The van der Waals surface area contributed by atoms with Crippen LogP contribution in [0.4, 0.5) is 0 Å². The molecule has 0 spiro atoms. The number of fused-ring (bicyclic) bond motifs is 1. The number of nitrogens with zero attached hydrogens (tertiary/aromatic N) is 2. The summed E-state index contributed by atoms with van der Waals surface area (Å²) in [5, 5.41) is 4.99. The van der Waals surface area contributed by atoms with E-state index >= 15 is 0 Å². The molecule has 32 heavy (non-hydrogen) atoms. The highest BCUT2D eigenvalue weighted by atomic mass is 32.1. The average molecular weight is 461 g/mol. The van der Waals surface area contributed by atoms with Crippen LogP contribution >= 0.6 is 12.2 Å². The lowest BCUT2D eigenvalue weighted by Gasteiger charge is -2.28. The Bertz CT molecular complexity index is 927. The number of hydrogen-bond acceptors (Lipinski definition) is 5. The van der Waals surface area contributed by atoms with Crippen LogP contribution < -0.4 is 15.6 Å². The Morgan fingerprint density at radius 1 is 1.22 bits per heavy atom. The number of thiocarbonyl (C=S) groups is 1. The summed E-state index contributed by atoms with van der Waals surface area (Å²) >= 11 is 5.71. The molecule has 0 saturated carbocycles. The number of ether oxygens (including phenoxy) is 2. The highest BCUT2D eigenvalue weighted by molar-refractivity contribution is 7.80. The maximum Gasteiger partial charge on any atom is 0.253 e. The standard InChI is InChI=1S/C24H36N4O3S/c1-3-30-15-7-10-25-24(32)28(14-13-27-11-5-6-12-27)18-20-16-19-17-21(31-4-2)8-9-22(19)26-23(20)29/h8-9,16-17H,3-7,10-15,18H2,1-2H3,(H,25,32)(H,26,29). The van der Waals surface area contributed by atoms with Gasteiger partial charge in [-0.25, -0.2) is 0 Å². The smallest absolute Gasteiger partial charge is 0.253 e. The lowest BCUT2D eigenvalue weighted by atomic mass is 10.1. The Hall–Kier alpha value is -2.16. The predicted molar refractivity (Wildman–Crippen MR) is 134 cm³/mol. The molecular weight excluding hydrogens is 424 g/mol. The van der Waals surface area contributed by atoms with E-state index in [0.717, 1.165) is 62.4 Å². The van der Waals surface area contributed by atoms with Crippen molar-refractivity contribution in [1.82, 2.24) is 20.1 Å². The van der Waals surface area contributed by atoms with Gasteiger partial charge in [0.2, 0.25) is 0 Å². The van der Waals surface area contributed by atoms with Crippen molar-refractivity contribution in [3.8, 4) is 5.75 Å². The van der Waals surface area contributed by atoms with Crippen molar-refractivity contribution < 1.29 is 9.47 Å². The molecule has 1 aromatic carbocycles. The van der Waals surface area contributed by atoms with Crippen molar-refractivity contribution in [2.24, 2.45) is 0 Å². The summed E-state index contributed by atoms with van der Waals surface area (Å²) in [5.74, 6) is 0.801. The largest absolute Gasteiger partial charge is 0.494 e. The lowest BCUT2D eigenvalue weighted by molar-refractivity contribution is 0.145. The second-order valence-electron chi connectivity index (χ2n) is 8.06. The van der Waals surface area contributed by atoms with E-state index in [9.17, 15) is 4.79 Å². The number of aromatic nitrogens is 1. The third-order valence-corrected chi connectivity index (χ3v) is 6.09. The van der Waals surface area contributed by atoms with Crippen LogP contribution in [0.25, 0.3) is 10.9 Å². The monoisotopic (exact) mass is 460 g/mol. The molecule has 0 amide bonds. The summed E-state index contributed by atoms with van der Waals surface area (Å²) < 4.78 is 11.0. The first-order valence-corrected chi connectivity index (χ1v) is 12.1. The van der Waals surface area contributed by atoms with Gasteiger partial charge < -0.3 is 29.6 Å². The molecular formula is C24H36N4O3S. The fraction of sp³-hybridized carbons (Fsp3) is 0.583. The number of H-pyrrole nitrogens is 1. The molecule has 1 aliphatic heterocycles. The van der Waals surface area contributed by atoms with Crippen molar-refractivity contribution in [1.29, 1.82) is 0 Å². The number of rotatable bonds is 12. The molecule has 3 rings (SSSR count). The summed E-state index contributed by atoms with van der Waals surface area (Å²) in [5.41, 5.74) is 1.43. The highest BCUT2D eigenvalue weighted by Gasteiger charge is 2.17. The maximum atomic E-state index is 12.8. The zero-order valence-electron chi connectivity index (χ0n) is 19.3. The number of nitrogens with one attached hydrogen (secondary N) is 2. The number of likely N-dealkylation sites (tertiary alicyclic amines) is 1. The second-order valence-corrected chi connectivity index (χ2v) is 8.45. The molecule has 0 atom stereocenters. The van der Waals surface area contributed by atoms with Crippen LogP contribution in [0.2, 0.25) is 0 Å². The Kier molecular flexibility index (Phi) is 9.77. The fourth-order valence-electron chi connectivity index (χ4n) is 3.96. The van der Waals surface area contributed by atoms with Crippen molar-refractivity contribution in [3.05, 3.63) is 40.2 Å². The topological polar surface area (TPSA) is 69.8 Å². The number of hydrogen-bond donors (Lipinski definition) is 2. The highest BCUT2D eigenvalue weighted by Crippen LogP contribution is 2.20. The minimum atomic E-state index is -0.0769. The van der Waals surface area contributed by atoms with E-state index in [1.807, 2.05) is 38.1 Å². The van der Waals surface area contributed by atoms with E-state index in [2.05, 4.69) is 20.1 Å². The van der Waals surface area contributed by atoms with Crippen LogP contribution in [-0.2, 0) is 11.3 Å². The van der Waals surface area contributed by atoms with E-state index < -0.39 is 0 Å². The van der Waals surface area contributed by atoms with Gasteiger partial charge in [0.05, 0.1) is 13.2 Å².